The average molecular weight is 239 g/mol. The Hall–Kier alpha value is -1.85. The van der Waals surface area contributed by atoms with E-state index in [-0.39, 0.29) is 11.9 Å². The van der Waals surface area contributed by atoms with Crippen molar-refractivity contribution in [2.24, 2.45) is 0 Å². The number of nitrogens with zero attached hydrogens (tertiary/aromatic N) is 2. The number of carboxylic acid groups (broad SMARTS) is 1. The molecule has 0 radical (unpaired) electrons. The molecule has 0 fully saturated rings. The van der Waals surface area contributed by atoms with Gasteiger partial charge in [-0.3, -0.25) is 9.48 Å². The average Bonchev–Trinajstić information content (AvgIpc) is 2.76. The maximum atomic E-state index is 11.7. The standard InChI is InChI=1S/C11H17N3O3/c1-4-7(2)13-10(15)9-5-12-14(6-9)8(3)11(16)17/h5-8H,4H2,1-3H3,(H,13,15)(H,16,17). The van der Waals surface area contributed by atoms with Crippen molar-refractivity contribution in [3.63, 3.8) is 0 Å². The van der Waals surface area contributed by atoms with Crippen LogP contribution in [0.4, 0.5) is 0 Å². The highest BCUT2D eigenvalue weighted by molar-refractivity contribution is 5.93. The molecule has 2 atom stereocenters. The highest BCUT2D eigenvalue weighted by Crippen LogP contribution is 2.07. The van der Waals surface area contributed by atoms with Gasteiger partial charge < -0.3 is 10.4 Å². The Morgan fingerprint density at radius 3 is 2.71 bits per heavy atom. The van der Waals surface area contributed by atoms with Gasteiger partial charge in [-0.2, -0.15) is 5.10 Å². The van der Waals surface area contributed by atoms with Gasteiger partial charge in [-0.15, -0.1) is 0 Å². The highest BCUT2D eigenvalue weighted by Gasteiger charge is 2.17. The minimum atomic E-state index is -0.984. The lowest BCUT2D eigenvalue weighted by Crippen LogP contribution is -2.31. The summed E-state index contributed by atoms with van der Waals surface area (Å²) in [6.45, 7) is 5.38. The van der Waals surface area contributed by atoms with Crippen molar-refractivity contribution < 1.29 is 14.7 Å². The van der Waals surface area contributed by atoms with Gasteiger partial charge >= 0.3 is 5.97 Å². The maximum Gasteiger partial charge on any atom is 0.328 e. The van der Waals surface area contributed by atoms with Gasteiger partial charge in [-0.05, 0) is 20.3 Å². The first kappa shape index (κ1) is 13.2. The lowest BCUT2D eigenvalue weighted by Gasteiger charge is -2.09. The summed E-state index contributed by atoms with van der Waals surface area (Å²) in [6, 6.07) is -0.692. The molecule has 1 amide bonds. The SMILES string of the molecule is CCC(C)NC(=O)c1cnn(C(C)C(=O)O)c1. The predicted molar refractivity (Wildman–Crippen MR) is 61.8 cm³/mol. The first-order chi connectivity index (χ1) is 7.95. The number of hydrogen-bond donors (Lipinski definition) is 2. The van der Waals surface area contributed by atoms with E-state index in [1.165, 1.54) is 24.0 Å². The van der Waals surface area contributed by atoms with Gasteiger partial charge in [0.1, 0.15) is 6.04 Å². The number of hydrogen-bond acceptors (Lipinski definition) is 3. The molecule has 0 aliphatic rings. The Labute approximate surface area is 99.6 Å². The molecule has 2 N–H and O–H groups in total. The van der Waals surface area contributed by atoms with E-state index in [0.29, 0.717) is 5.56 Å². The van der Waals surface area contributed by atoms with E-state index >= 15 is 0 Å². The van der Waals surface area contributed by atoms with Crippen LogP contribution in [0.2, 0.25) is 0 Å². The molecule has 0 saturated heterocycles. The van der Waals surface area contributed by atoms with Crippen LogP contribution >= 0.6 is 0 Å². The van der Waals surface area contributed by atoms with Crippen molar-refractivity contribution in [2.75, 3.05) is 0 Å². The summed E-state index contributed by atoms with van der Waals surface area (Å²) in [5, 5.41) is 15.5. The zero-order valence-corrected chi connectivity index (χ0v) is 10.2. The number of amides is 1. The van der Waals surface area contributed by atoms with Gasteiger partial charge in [-0.1, -0.05) is 6.92 Å². The molecular weight excluding hydrogens is 222 g/mol. The van der Waals surface area contributed by atoms with Crippen LogP contribution in [0.1, 0.15) is 43.6 Å². The molecule has 6 heteroatoms. The number of aliphatic carboxylic acids is 1. The zero-order chi connectivity index (χ0) is 13.0. The molecule has 94 valence electrons. The van der Waals surface area contributed by atoms with Crippen LogP contribution in [0.5, 0.6) is 0 Å². The second kappa shape index (κ2) is 5.47. The Morgan fingerprint density at radius 2 is 2.18 bits per heavy atom. The van der Waals surface area contributed by atoms with Crippen molar-refractivity contribution in [2.45, 2.75) is 39.3 Å². The van der Waals surface area contributed by atoms with E-state index in [1.54, 1.807) is 0 Å². The minimum absolute atomic E-state index is 0.0859. The Bertz CT molecular complexity index is 414. The van der Waals surface area contributed by atoms with Gasteiger partial charge in [0, 0.05) is 12.2 Å². The molecule has 1 aromatic rings. The van der Waals surface area contributed by atoms with Crippen molar-refractivity contribution >= 4 is 11.9 Å². The largest absolute Gasteiger partial charge is 0.480 e. The third-order valence-corrected chi connectivity index (χ3v) is 2.61. The third kappa shape index (κ3) is 3.30. The summed E-state index contributed by atoms with van der Waals surface area (Å²) in [5.41, 5.74) is 0.374. The molecule has 0 aliphatic heterocycles. The Kier molecular flexibility index (Phi) is 4.25. The van der Waals surface area contributed by atoms with E-state index < -0.39 is 12.0 Å². The van der Waals surface area contributed by atoms with E-state index in [4.69, 9.17) is 5.11 Å². The minimum Gasteiger partial charge on any atom is -0.480 e. The smallest absolute Gasteiger partial charge is 0.328 e. The summed E-state index contributed by atoms with van der Waals surface area (Å²) in [6.07, 6.45) is 3.65. The van der Waals surface area contributed by atoms with Gasteiger partial charge in [0.25, 0.3) is 5.91 Å². The Morgan fingerprint density at radius 1 is 1.53 bits per heavy atom. The van der Waals surface area contributed by atoms with Crippen LogP contribution < -0.4 is 5.32 Å². The summed E-state index contributed by atoms with van der Waals surface area (Å²) in [7, 11) is 0. The zero-order valence-electron chi connectivity index (χ0n) is 10.2. The van der Waals surface area contributed by atoms with Gasteiger partial charge in [0.05, 0.1) is 11.8 Å². The number of aromatic nitrogens is 2. The monoisotopic (exact) mass is 239 g/mol. The fourth-order valence-electron chi connectivity index (χ4n) is 1.19. The molecule has 17 heavy (non-hydrogen) atoms. The quantitative estimate of drug-likeness (QED) is 0.804. The summed E-state index contributed by atoms with van der Waals surface area (Å²) >= 11 is 0. The maximum absolute atomic E-state index is 11.7. The molecule has 1 heterocycles. The molecule has 1 aromatic heterocycles. The highest BCUT2D eigenvalue weighted by atomic mass is 16.4. The molecular formula is C11H17N3O3. The number of rotatable bonds is 5. The summed E-state index contributed by atoms with van der Waals surface area (Å²) in [5.74, 6) is -1.22. The van der Waals surface area contributed by atoms with Crippen LogP contribution in [0.25, 0.3) is 0 Å². The van der Waals surface area contributed by atoms with E-state index in [0.717, 1.165) is 6.42 Å². The second-order valence-electron chi connectivity index (χ2n) is 4.01. The third-order valence-electron chi connectivity index (χ3n) is 2.61. The molecule has 6 nitrogen and oxygen atoms in total. The second-order valence-corrected chi connectivity index (χ2v) is 4.01. The van der Waals surface area contributed by atoms with Crippen LogP contribution in [0.15, 0.2) is 12.4 Å². The normalized spacial score (nSPS) is 14.1. The van der Waals surface area contributed by atoms with E-state index in [1.807, 2.05) is 13.8 Å². The Balaban J connectivity index is 2.74. The summed E-state index contributed by atoms with van der Waals surface area (Å²) < 4.78 is 1.26. The molecule has 0 aliphatic carbocycles. The molecule has 0 spiro atoms. The summed E-state index contributed by atoms with van der Waals surface area (Å²) in [4.78, 5) is 22.4. The number of carbonyl (C=O) groups is 2. The van der Waals surface area contributed by atoms with Crippen LogP contribution in [0.3, 0.4) is 0 Å². The van der Waals surface area contributed by atoms with E-state index in [9.17, 15) is 9.59 Å². The fourth-order valence-corrected chi connectivity index (χ4v) is 1.19. The number of carboxylic acids is 1. The van der Waals surface area contributed by atoms with Crippen LogP contribution in [0, 0.1) is 0 Å². The molecule has 1 rings (SSSR count). The van der Waals surface area contributed by atoms with Crippen molar-refractivity contribution in [3.05, 3.63) is 18.0 Å². The lowest BCUT2D eigenvalue weighted by molar-refractivity contribution is -0.140. The lowest BCUT2D eigenvalue weighted by atomic mass is 10.2. The first-order valence-electron chi connectivity index (χ1n) is 5.53. The fraction of sp³-hybridized carbons (Fsp3) is 0.545. The van der Waals surface area contributed by atoms with Crippen molar-refractivity contribution in [1.82, 2.24) is 15.1 Å². The predicted octanol–water partition coefficient (Wildman–Crippen LogP) is 1.06. The molecule has 0 saturated carbocycles. The number of carbonyl (C=O) groups excluding carboxylic acids is 1. The van der Waals surface area contributed by atoms with Crippen LogP contribution in [-0.2, 0) is 4.79 Å². The molecule has 0 bridgehead atoms. The van der Waals surface area contributed by atoms with Gasteiger partial charge in [0.15, 0.2) is 0 Å². The number of nitrogens with one attached hydrogen (secondary N) is 1. The van der Waals surface area contributed by atoms with Crippen molar-refractivity contribution in [3.8, 4) is 0 Å². The molecule has 0 aromatic carbocycles. The van der Waals surface area contributed by atoms with Crippen molar-refractivity contribution in [1.29, 1.82) is 0 Å². The topological polar surface area (TPSA) is 84.2 Å². The molecule has 2 unspecified atom stereocenters. The van der Waals surface area contributed by atoms with Gasteiger partial charge in [0.2, 0.25) is 0 Å². The van der Waals surface area contributed by atoms with E-state index in [2.05, 4.69) is 10.4 Å². The van der Waals surface area contributed by atoms with Gasteiger partial charge in [-0.25, -0.2) is 4.79 Å². The van der Waals surface area contributed by atoms with Crippen LogP contribution in [-0.4, -0.2) is 32.8 Å². The first-order valence-corrected chi connectivity index (χ1v) is 5.53.